The van der Waals surface area contributed by atoms with Gasteiger partial charge >= 0.3 is 5.69 Å². The monoisotopic (exact) mass is 421 g/mol. The summed E-state index contributed by atoms with van der Waals surface area (Å²) < 4.78 is 5.20. The van der Waals surface area contributed by atoms with E-state index >= 15 is 0 Å². The predicted octanol–water partition coefficient (Wildman–Crippen LogP) is 4.41. The van der Waals surface area contributed by atoms with Crippen molar-refractivity contribution in [3.8, 4) is 0 Å². The highest BCUT2D eigenvalue weighted by atomic mass is 35.5. The van der Waals surface area contributed by atoms with Crippen molar-refractivity contribution in [1.82, 2.24) is 14.9 Å². The molecule has 1 fully saturated rings. The molecule has 1 aromatic rings. The summed E-state index contributed by atoms with van der Waals surface area (Å²) in [7, 11) is 0. The number of hydrogen-bond acceptors (Lipinski definition) is 7. The summed E-state index contributed by atoms with van der Waals surface area (Å²) in [6, 6.07) is 1.43. The van der Waals surface area contributed by atoms with E-state index in [2.05, 4.69) is 54.8 Å². The second kappa shape index (κ2) is 11.6. The van der Waals surface area contributed by atoms with E-state index in [9.17, 15) is 10.1 Å². The van der Waals surface area contributed by atoms with Crippen molar-refractivity contribution in [1.29, 1.82) is 0 Å². The smallest absolute Gasteiger partial charge is 0.348 e. The van der Waals surface area contributed by atoms with Gasteiger partial charge in [-0.15, -0.1) is 0 Å². The lowest BCUT2D eigenvalue weighted by Gasteiger charge is -2.28. The molecule has 27 heavy (non-hydrogen) atoms. The van der Waals surface area contributed by atoms with Gasteiger partial charge in [-0.1, -0.05) is 18.5 Å². The molecule has 0 amide bonds. The zero-order chi connectivity index (χ0) is 20.6. The number of halogens is 2. The molecule has 0 atom stereocenters. The van der Waals surface area contributed by atoms with Crippen LogP contribution in [-0.2, 0) is 4.74 Å². The average molecular weight is 422 g/mol. The number of aromatic nitrogens is 2. The van der Waals surface area contributed by atoms with E-state index < -0.39 is 4.92 Å². The molecule has 10 heteroatoms. The minimum atomic E-state index is -0.625. The third-order valence-electron chi connectivity index (χ3n) is 4.25. The van der Waals surface area contributed by atoms with Crippen LogP contribution in [0.25, 0.3) is 0 Å². The number of rotatable bonds is 6. The van der Waals surface area contributed by atoms with Gasteiger partial charge in [-0.05, 0) is 58.7 Å². The Hall–Kier alpha value is -1.22. The van der Waals surface area contributed by atoms with Crippen LogP contribution in [0, 0.1) is 10.1 Å². The Kier molecular flexibility index (Phi) is 10.2. The van der Waals surface area contributed by atoms with Crippen molar-refractivity contribution in [2.24, 2.45) is 0 Å². The van der Waals surface area contributed by atoms with Crippen LogP contribution in [0.15, 0.2) is 0 Å². The Morgan fingerprint density at radius 3 is 2.19 bits per heavy atom. The zero-order valence-electron chi connectivity index (χ0n) is 16.5. The van der Waals surface area contributed by atoms with Crippen LogP contribution in [-0.4, -0.2) is 57.7 Å². The van der Waals surface area contributed by atoms with Crippen LogP contribution in [0.1, 0.15) is 47.5 Å². The van der Waals surface area contributed by atoms with E-state index in [1.54, 1.807) is 0 Å². The van der Waals surface area contributed by atoms with E-state index in [-0.39, 0.29) is 28.0 Å². The number of nitrogens with zero attached hydrogens (tertiary/aromatic N) is 4. The molecule has 1 aliphatic heterocycles. The predicted molar refractivity (Wildman–Crippen MR) is 109 cm³/mol. The second-order valence-electron chi connectivity index (χ2n) is 6.79. The van der Waals surface area contributed by atoms with E-state index in [4.69, 9.17) is 27.9 Å². The zero-order valence-corrected chi connectivity index (χ0v) is 18.0. The van der Waals surface area contributed by atoms with Gasteiger partial charge in [0.15, 0.2) is 0 Å². The van der Waals surface area contributed by atoms with E-state index in [0.717, 1.165) is 19.4 Å². The Balaban J connectivity index is 0.000000345. The van der Waals surface area contributed by atoms with Crippen molar-refractivity contribution in [3.05, 3.63) is 20.6 Å². The molecule has 1 saturated heterocycles. The summed E-state index contributed by atoms with van der Waals surface area (Å²) in [4.78, 5) is 20.2. The summed E-state index contributed by atoms with van der Waals surface area (Å²) >= 11 is 11.4. The van der Waals surface area contributed by atoms with Gasteiger partial charge < -0.3 is 10.1 Å². The largest absolute Gasteiger partial charge is 0.381 e. The first-order chi connectivity index (χ1) is 12.7. The fourth-order valence-electron chi connectivity index (χ4n) is 3.03. The second-order valence-corrected chi connectivity index (χ2v) is 7.48. The molecule has 154 valence electrons. The van der Waals surface area contributed by atoms with Gasteiger partial charge in [-0.2, -0.15) is 9.97 Å². The highest BCUT2D eigenvalue weighted by Crippen LogP contribution is 2.31. The van der Waals surface area contributed by atoms with Crippen molar-refractivity contribution in [2.75, 3.05) is 25.1 Å². The Bertz CT molecular complexity index is 602. The standard InChI is InChI=1S/C9H10Cl2N4O3.C8H19N/c10-7-6(15(16)17)8(14-9(11)13-7)12-5-1-3-18-4-2-5;1-6-9(7(2)3)8(4)5/h5H,1-4H2,(H,12,13,14);7-8H,6H2,1-5H3. The van der Waals surface area contributed by atoms with Crippen molar-refractivity contribution < 1.29 is 9.66 Å². The number of nitrogens with one attached hydrogen (secondary N) is 1. The fourth-order valence-corrected chi connectivity index (χ4v) is 3.48. The summed E-state index contributed by atoms with van der Waals surface area (Å²) in [5.74, 6) is 0.0527. The number of ether oxygens (including phenoxy) is 1. The highest BCUT2D eigenvalue weighted by Gasteiger charge is 2.26. The van der Waals surface area contributed by atoms with Gasteiger partial charge in [0.05, 0.1) is 4.92 Å². The first-order valence-corrected chi connectivity index (χ1v) is 9.90. The minimum absolute atomic E-state index is 0.0527. The maximum absolute atomic E-state index is 10.9. The Morgan fingerprint density at radius 2 is 1.78 bits per heavy atom. The minimum Gasteiger partial charge on any atom is -0.381 e. The van der Waals surface area contributed by atoms with Crippen LogP contribution in [0.5, 0.6) is 0 Å². The van der Waals surface area contributed by atoms with Crippen LogP contribution in [0.2, 0.25) is 10.4 Å². The van der Waals surface area contributed by atoms with E-state index in [1.807, 2.05) is 0 Å². The SMILES string of the molecule is CCN(C(C)C)C(C)C.O=[N+]([O-])c1c(Cl)nc(Cl)nc1NC1CCOCC1. The molecule has 0 radical (unpaired) electrons. The quantitative estimate of drug-likeness (QED) is 0.314. The molecule has 0 bridgehead atoms. The molecule has 0 aliphatic carbocycles. The molecule has 1 N–H and O–H groups in total. The van der Waals surface area contributed by atoms with Crippen LogP contribution in [0.4, 0.5) is 11.5 Å². The van der Waals surface area contributed by atoms with Crippen molar-refractivity contribution in [2.45, 2.75) is 65.6 Å². The molecule has 0 saturated carbocycles. The summed E-state index contributed by atoms with van der Waals surface area (Å²) in [5, 5.41) is 13.5. The Labute approximate surface area is 170 Å². The highest BCUT2D eigenvalue weighted by molar-refractivity contribution is 6.33. The molecular formula is C17H29Cl2N5O3. The van der Waals surface area contributed by atoms with Crippen molar-refractivity contribution >= 4 is 34.7 Å². The van der Waals surface area contributed by atoms with Gasteiger partial charge in [-0.3, -0.25) is 15.0 Å². The normalized spacial score (nSPS) is 15.0. The summed E-state index contributed by atoms with van der Waals surface area (Å²) in [6.45, 7) is 13.5. The summed E-state index contributed by atoms with van der Waals surface area (Å²) in [6.07, 6.45) is 1.49. The molecule has 8 nitrogen and oxygen atoms in total. The first-order valence-electron chi connectivity index (χ1n) is 9.14. The lowest BCUT2D eigenvalue weighted by molar-refractivity contribution is -0.384. The fraction of sp³-hybridized carbons (Fsp3) is 0.765. The van der Waals surface area contributed by atoms with Crippen LogP contribution < -0.4 is 5.32 Å². The maximum Gasteiger partial charge on any atom is 0.348 e. The number of hydrogen-bond donors (Lipinski definition) is 1. The van der Waals surface area contributed by atoms with E-state index in [0.29, 0.717) is 25.3 Å². The molecule has 0 spiro atoms. The topological polar surface area (TPSA) is 93.4 Å². The summed E-state index contributed by atoms with van der Waals surface area (Å²) in [5.41, 5.74) is -0.354. The number of anilines is 1. The third kappa shape index (κ3) is 7.73. The van der Waals surface area contributed by atoms with Crippen LogP contribution >= 0.6 is 23.2 Å². The molecule has 1 aromatic heterocycles. The van der Waals surface area contributed by atoms with Gasteiger partial charge in [0.25, 0.3) is 0 Å². The van der Waals surface area contributed by atoms with Gasteiger partial charge in [0.1, 0.15) is 0 Å². The van der Waals surface area contributed by atoms with Crippen molar-refractivity contribution in [3.63, 3.8) is 0 Å². The number of nitro groups is 1. The van der Waals surface area contributed by atoms with Crippen LogP contribution in [0.3, 0.4) is 0 Å². The molecule has 2 rings (SSSR count). The molecule has 0 unspecified atom stereocenters. The van der Waals surface area contributed by atoms with Gasteiger partial charge in [0, 0.05) is 31.3 Å². The molecule has 1 aliphatic rings. The van der Waals surface area contributed by atoms with Gasteiger partial charge in [-0.25, -0.2) is 0 Å². The average Bonchev–Trinajstić information content (AvgIpc) is 2.55. The molecule has 0 aromatic carbocycles. The van der Waals surface area contributed by atoms with E-state index in [1.165, 1.54) is 0 Å². The maximum atomic E-state index is 10.9. The Morgan fingerprint density at radius 1 is 1.22 bits per heavy atom. The lowest BCUT2D eigenvalue weighted by Crippen LogP contribution is -2.36. The van der Waals surface area contributed by atoms with Gasteiger partial charge in [0.2, 0.25) is 16.3 Å². The third-order valence-corrected chi connectivity index (χ3v) is 4.68. The first kappa shape index (κ1) is 23.8. The molecular weight excluding hydrogens is 393 g/mol. The lowest BCUT2D eigenvalue weighted by atomic mass is 10.1. The molecule has 2 heterocycles.